The Morgan fingerprint density at radius 3 is 2.59 bits per heavy atom. The van der Waals surface area contributed by atoms with Crippen molar-refractivity contribution in [2.45, 2.75) is 26.3 Å². The van der Waals surface area contributed by atoms with Gasteiger partial charge < -0.3 is 19.9 Å². The number of carbonyl (C=O) groups is 2. The summed E-state index contributed by atoms with van der Waals surface area (Å²) < 4.78 is 9.80. The number of carbonyl (C=O) groups excluding carboxylic acids is 2. The highest BCUT2D eigenvalue weighted by Gasteiger charge is 2.18. The zero-order valence-corrected chi connectivity index (χ0v) is 10.4. The van der Waals surface area contributed by atoms with Gasteiger partial charge in [-0.1, -0.05) is 0 Å². The number of hydrogen-bond donors (Lipinski definition) is 2. The van der Waals surface area contributed by atoms with Gasteiger partial charge in [-0.05, 0) is 13.8 Å². The first kappa shape index (κ1) is 16.0. The Kier molecular flexibility index (Phi) is 9.60. The Bertz CT molecular complexity index is 232. The molecule has 0 aromatic rings. The zero-order chi connectivity index (χ0) is 13.1. The average molecular weight is 247 g/mol. The van der Waals surface area contributed by atoms with E-state index in [0.29, 0.717) is 19.8 Å². The molecule has 0 heterocycles. The number of ether oxygens (including phenoxy) is 2. The summed E-state index contributed by atoms with van der Waals surface area (Å²) in [6.45, 7) is 4.52. The summed E-state index contributed by atoms with van der Waals surface area (Å²) in [7, 11) is 0. The lowest BCUT2D eigenvalue weighted by atomic mass is 10.1. The molecule has 17 heavy (non-hydrogen) atoms. The third kappa shape index (κ3) is 8.79. The molecule has 0 amide bonds. The number of Topliss-reactive ketones (excluding diaryl/α,β-unsaturated/α-hetero) is 1. The quantitative estimate of drug-likeness (QED) is 0.400. The molecule has 0 aliphatic heterocycles. The first-order valence-electron chi connectivity index (χ1n) is 5.69. The van der Waals surface area contributed by atoms with Crippen LogP contribution in [0.1, 0.15) is 20.3 Å². The van der Waals surface area contributed by atoms with Gasteiger partial charge in [0.05, 0.1) is 38.9 Å². The largest absolute Gasteiger partial charge is 0.466 e. The summed E-state index contributed by atoms with van der Waals surface area (Å²) in [5, 5.41) is 11.4. The topological polar surface area (TPSA) is 84.9 Å². The molecule has 0 rings (SSSR count). The number of esters is 1. The lowest BCUT2D eigenvalue weighted by Gasteiger charge is -2.14. The monoisotopic (exact) mass is 247 g/mol. The van der Waals surface area contributed by atoms with Crippen molar-refractivity contribution < 1.29 is 24.2 Å². The third-order valence-electron chi connectivity index (χ3n) is 2.04. The molecule has 6 nitrogen and oxygen atoms in total. The van der Waals surface area contributed by atoms with Crippen molar-refractivity contribution in [2.75, 3.05) is 33.0 Å². The average Bonchev–Trinajstić information content (AvgIpc) is 2.27. The van der Waals surface area contributed by atoms with Gasteiger partial charge in [0, 0.05) is 6.54 Å². The van der Waals surface area contributed by atoms with Crippen LogP contribution in [0, 0.1) is 0 Å². The number of nitrogens with one attached hydrogen (secondary N) is 1. The number of hydrogen-bond acceptors (Lipinski definition) is 6. The van der Waals surface area contributed by atoms with E-state index < -0.39 is 12.0 Å². The van der Waals surface area contributed by atoms with E-state index in [1.807, 2.05) is 0 Å². The fourth-order valence-corrected chi connectivity index (χ4v) is 1.22. The Morgan fingerprint density at radius 2 is 2.06 bits per heavy atom. The van der Waals surface area contributed by atoms with E-state index >= 15 is 0 Å². The number of aliphatic hydroxyl groups is 1. The maximum atomic E-state index is 11.3. The molecule has 0 saturated carbocycles. The second-order valence-corrected chi connectivity index (χ2v) is 3.46. The van der Waals surface area contributed by atoms with E-state index in [1.165, 1.54) is 6.92 Å². The summed E-state index contributed by atoms with van der Waals surface area (Å²) in [6, 6.07) is -0.535. The van der Waals surface area contributed by atoms with E-state index in [9.17, 15) is 9.59 Å². The van der Waals surface area contributed by atoms with Crippen molar-refractivity contribution in [1.29, 1.82) is 0 Å². The van der Waals surface area contributed by atoms with E-state index in [-0.39, 0.29) is 25.4 Å². The van der Waals surface area contributed by atoms with Gasteiger partial charge in [-0.15, -0.1) is 0 Å². The minimum Gasteiger partial charge on any atom is -0.466 e. The minimum absolute atomic E-state index is 0.0288. The fraction of sp³-hybridized carbons (Fsp3) is 0.818. The van der Waals surface area contributed by atoms with Gasteiger partial charge >= 0.3 is 5.97 Å². The zero-order valence-electron chi connectivity index (χ0n) is 10.4. The summed E-state index contributed by atoms with van der Waals surface area (Å²) in [6.07, 6.45) is 0.0309. The molecule has 0 spiro atoms. The highest BCUT2D eigenvalue weighted by Crippen LogP contribution is 1.96. The third-order valence-corrected chi connectivity index (χ3v) is 2.04. The standard InChI is InChI=1S/C11H21NO5/c1-3-17-11(15)8-10(9(2)14)12-4-6-16-7-5-13/h10,12-13H,3-8H2,1-2H3. The van der Waals surface area contributed by atoms with Crippen LogP contribution in [0.5, 0.6) is 0 Å². The molecule has 0 radical (unpaired) electrons. The van der Waals surface area contributed by atoms with E-state index in [0.717, 1.165) is 0 Å². The second-order valence-electron chi connectivity index (χ2n) is 3.46. The van der Waals surface area contributed by atoms with Gasteiger partial charge in [0.15, 0.2) is 0 Å². The Labute approximate surface area is 101 Å². The van der Waals surface area contributed by atoms with Crippen molar-refractivity contribution in [2.24, 2.45) is 0 Å². The van der Waals surface area contributed by atoms with Crippen molar-refractivity contribution >= 4 is 11.8 Å². The second kappa shape index (κ2) is 10.2. The summed E-state index contributed by atoms with van der Waals surface area (Å²) in [5.41, 5.74) is 0. The van der Waals surface area contributed by atoms with E-state index in [4.69, 9.17) is 14.6 Å². The molecule has 0 fully saturated rings. The number of rotatable bonds is 10. The maximum Gasteiger partial charge on any atom is 0.307 e. The molecule has 0 saturated heterocycles. The highest BCUT2D eigenvalue weighted by atomic mass is 16.5. The molecule has 0 bridgehead atoms. The number of ketones is 1. The van der Waals surface area contributed by atoms with Crippen LogP contribution in [-0.2, 0) is 19.1 Å². The predicted molar refractivity (Wildman–Crippen MR) is 61.6 cm³/mol. The summed E-state index contributed by atoms with van der Waals surface area (Å²) in [4.78, 5) is 22.5. The van der Waals surface area contributed by atoms with Gasteiger partial charge in [0.2, 0.25) is 0 Å². The molecular weight excluding hydrogens is 226 g/mol. The van der Waals surface area contributed by atoms with Crippen molar-refractivity contribution in [3.05, 3.63) is 0 Å². The number of aliphatic hydroxyl groups excluding tert-OH is 1. The molecular formula is C11H21NO5. The normalized spacial score (nSPS) is 12.2. The summed E-state index contributed by atoms with van der Waals surface area (Å²) >= 11 is 0. The van der Waals surface area contributed by atoms with Crippen LogP contribution in [0.25, 0.3) is 0 Å². The lowest BCUT2D eigenvalue weighted by molar-refractivity contribution is -0.145. The molecule has 1 atom stereocenters. The predicted octanol–water partition coefficient (Wildman–Crippen LogP) is -0.504. The molecule has 0 aromatic heterocycles. The van der Waals surface area contributed by atoms with Crippen LogP contribution in [0.2, 0.25) is 0 Å². The van der Waals surface area contributed by atoms with Gasteiger partial charge in [-0.2, -0.15) is 0 Å². The van der Waals surface area contributed by atoms with Crippen LogP contribution in [0.15, 0.2) is 0 Å². The maximum absolute atomic E-state index is 11.3. The van der Waals surface area contributed by atoms with Crippen molar-refractivity contribution in [3.8, 4) is 0 Å². The van der Waals surface area contributed by atoms with Crippen LogP contribution >= 0.6 is 0 Å². The molecule has 0 aromatic carbocycles. The van der Waals surface area contributed by atoms with Crippen LogP contribution < -0.4 is 5.32 Å². The first-order valence-corrected chi connectivity index (χ1v) is 5.69. The molecule has 2 N–H and O–H groups in total. The molecule has 1 unspecified atom stereocenters. The van der Waals surface area contributed by atoms with E-state index in [2.05, 4.69) is 5.32 Å². The smallest absolute Gasteiger partial charge is 0.307 e. The van der Waals surface area contributed by atoms with Gasteiger partial charge in [0.1, 0.15) is 5.78 Å². The van der Waals surface area contributed by atoms with Gasteiger partial charge in [-0.3, -0.25) is 9.59 Å². The summed E-state index contributed by atoms with van der Waals surface area (Å²) in [5.74, 6) is -0.503. The molecule has 6 heteroatoms. The van der Waals surface area contributed by atoms with Crippen molar-refractivity contribution in [3.63, 3.8) is 0 Å². The lowest BCUT2D eigenvalue weighted by Crippen LogP contribution is -2.39. The minimum atomic E-state index is -0.535. The van der Waals surface area contributed by atoms with Crippen LogP contribution in [-0.4, -0.2) is 55.9 Å². The fourth-order valence-electron chi connectivity index (χ4n) is 1.22. The SMILES string of the molecule is CCOC(=O)CC(NCCOCCO)C(C)=O. The van der Waals surface area contributed by atoms with Gasteiger partial charge in [-0.25, -0.2) is 0 Å². The van der Waals surface area contributed by atoms with Crippen LogP contribution in [0.4, 0.5) is 0 Å². The van der Waals surface area contributed by atoms with Crippen molar-refractivity contribution in [1.82, 2.24) is 5.32 Å². The molecule has 0 aliphatic rings. The Balaban J connectivity index is 3.83. The van der Waals surface area contributed by atoms with E-state index in [1.54, 1.807) is 6.92 Å². The first-order chi connectivity index (χ1) is 8.11. The van der Waals surface area contributed by atoms with Gasteiger partial charge in [0.25, 0.3) is 0 Å². The Morgan fingerprint density at radius 1 is 1.35 bits per heavy atom. The molecule has 0 aliphatic carbocycles. The Hall–Kier alpha value is -0.980. The highest BCUT2D eigenvalue weighted by molar-refractivity contribution is 5.86. The van der Waals surface area contributed by atoms with Crippen LogP contribution in [0.3, 0.4) is 0 Å². The molecule has 100 valence electrons.